The number of ether oxygens (including phenoxy) is 1. The summed E-state index contributed by atoms with van der Waals surface area (Å²) in [5.74, 6) is -1.90. The minimum atomic E-state index is -1.11. The molecule has 10 nitrogen and oxygen atoms in total. The van der Waals surface area contributed by atoms with E-state index in [4.69, 9.17) is 4.74 Å². The van der Waals surface area contributed by atoms with Gasteiger partial charge in [0.1, 0.15) is 17.7 Å². The molecule has 2 unspecified atom stereocenters. The summed E-state index contributed by atoms with van der Waals surface area (Å²) >= 11 is 0. The maximum Gasteiger partial charge on any atom is 0.245 e. The first-order valence-electron chi connectivity index (χ1n) is 13.0. The van der Waals surface area contributed by atoms with E-state index in [9.17, 15) is 24.0 Å². The minimum absolute atomic E-state index is 0.0848. The van der Waals surface area contributed by atoms with Crippen molar-refractivity contribution in [1.29, 1.82) is 0 Å². The number of hydrogen-bond acceptors (Lipinski definition) is 6. The number of carbonyl (C=O) groups is 5. The van der Waals surface area contributed by atoms with Crippen LogP contribution in [0.2, 0.25) is 0 Å². The van der Waals surface area contributed by atoms with Gasteiger partial charge in [0.2, 0.25) is 23.6 Å². The molecule has 4 amide bonds. The highest BCUT2D eigenvalue weighted by Crippen LogP contribution is 2.29. The molecule has 1 rings (SSSR count). The lowest BCUT2D eigenvalue weighted by Crippen LogP contribution is -2.60. The number of unbranched alkanes of at least 4 members (excludes halogenated alkanes) is 2. The number of amides is 4. The quantitative estimate of drug-likeness (QED) is 0.213. The van der Waals surface area contributed by atoms with Crippen LogP contribution in [-0.4, -0.2) is 78.2 Å². The van der Waals surface area contributed by atoms with Crippen LogP contribution in [0.25, 0.3) is 0 Å². The van der Waals surface area contributed by atoms with E-state index >= 15 is 0 Å². The van der Waals surface area contributed by atoms with E-state index in [-0.39, 0.29) is 36.0 Å². The van der Waals surface area contributed by atoms with Gasteiger partial charge in [-0.2, -0.15) is 0 Å². The van der Waals surface area contributed by atoms with E-state index in [2.05, 4.69) is 16.0 Å². The number of Topliss-reactive ketones (excluding diaryl/α,β-unsaturated/α-hetero) is 1. The lowest BCUT2D eigenvalue weighted by molar-refractivity contribution is -0.136. The fraction of sp³-hybridized carbons (Fsp3) is 0.808. The molecule has 0 saturated carbocycles. The number of nitrogens with one attached hydrogen (secondary N) is 3. The molecule has 1 aliphatic heterocycles. The van der Waals surface area contributed by atoms with Crippen LogP contribution in [0.3, 0.4) is 0 Å². The van der Waals surface area contributed by atoms with E-state index in [1.807, 2.05) is 20.8 Å². The zero-order chi connectivity index (χ0) is 27.6. The molecule has 1 saturated heterocycles. The van der Waals surface area contributed by atoms with Crippen molar-refractivity contribution in [3.8, 4) is 0 Å². The number of ketones is 1. The van der Waals surface area contributed by atoms with Crippen molar-refractivity contribution in [2.75, 3.05) is 20.2 Å². The Labute approximate surface area is 215 Å². The number of hydrogen-bond donors (Lipinski definition) is 3. The largest absolute Gasteiger partial charge is 0.361 e. The molecule has 0 aromatic carbocycles. The number of epoxide rings is 1. The maximum atomic E-state index is 13.3. The van der Waals surface area contributed by atoms with E-state index in [0.717, 1.165) is 19.3 Å². The van der Waals surface area contributed by atoms with Crippen LogP contribution in [0.5, 0.6) is 0 Å². The fourth-order valence-electron chi connectivity index (χ4n) is 3.77. The van der Waals surface area contributed by atoms with E-state index < -0.39 is 35.5 Å². The molecule has 4 atom stereocenters. The highest BCUT2D eigenvalue weighted by Gasteiger charge is 2.50. The van der Waals surface area contributed by atoms with Crippen LogP contribution in [0.4, 0.5) is 0 Å². The third-order valence-corrected chi connectivity index (χ3v) is 6.34. The summed E-state index contributed by atoms with van der Waals surface area (Å²) < 4.78 is 5.29. The summed E-state index contributed by atoms with van der Waals surface area (Å²) in [7, 11) is 1.53. The summed E-state index contributed by atoms with van der Waals surface area (Å²) in [5, 5.41) is 8.26. The smallest absolute Gasteiger partial charge is 0.245 e. The van der Waals surface area contributed by atoms with Crippen LogP contribution >= 0.6 is 0 Å². The van der Waals surface area contributed by atoms with Crippen LogP contribution in [0, 0.1) is 11.8 Å². The first kappa shape index (κ1) is 31.5. The van der Waals surface area contributed by atoms with E-state index in [1.54, 1.807) is 20.8 Å². The van der Waals surface area contributed by atoms with Gasteiger partial charge in [-0.05, 0) is 31.6 Å². The average molecular weight is 511 g/mol. The Morgan fingerprint density at radius 1 is 0.944 bits per heavy atom. The third kappa shape index (κ3) is 10.2. The van der Waals surface area contributed by atoms with Gasteiger partial charge in [0.15, 0.2) is 5.78 Å². The highest BCUT2D eigenvalue weighted by molar-refractivity contribution is 5.98. The molecule has 36 heavy (non-hydrogen) atoms. The van der Waals surface area contributed by atoms with Crippen LogP contribution in [0.15, 0.2) is 0 Å². The van der Waals surface area contributed by atoms with Crippen molar-refractivity contribution >= 4 is 29.4 Å². The molecular formula is C26H46N4O6. The first-order valence-corrected chi connectivity index (χ1v) is 13.0. The predicted molar refractivity (Wildman–Crippen MR) is 137 cm³/mol. The van der Waals surface area contributed by atoms with Gasteiger partial charge in [-0.1, -0.05) is 47.5 Å². The predicted octanol–water partition coefficient (Wildman–Crippen LogP) is 1.56. The highest BCUT2D eigenvalue weighted by atomic mass is 16.6. The van der Waals surface area contributed by atoms with E-state index in [0.29, 0.717) is 19.4 Å². The lowest BCUT2D eigenvalue weighted by atomic mass is 9.93. The molecule has 0 bridgehead atoms. The second kappa shape index (κ2) is 14.3. The summed E-state index contributed by atoms with van der Waals surface area (Å²) in [6.07, 6.45) is 3.37. The summed E-state index contributed by atoms with van der Waals surface area (Å²) in [6, 6.07) is -2.74. The Balaban J connectivity index is 3.03. The Kier molecular flexibility index (Phi) is 12.5. The van der Waals surface area contributed by atoms with Gasteiger partial charge in [-0.3, -0.25) is 24.0 Å². The number of likely N-dealkylation sites (N-methyl/N-ethyl adjacent to an activating group) is 1. The minimum Gasteiger partial charge on any atom is -0.361 e. The molecule has 206 valence electrons. The summed E-state index contributed by atoms with van der Waals surface area (Å²) in [6.45, 7) is 12.8. The Morgan fingerprint density at radius 3 is 2.00 bits per heavy atom. The van der Waals surface area contributed by atoms with Crippen molar-refractivity contribution in [2.24, 2.45) is 11.8 Å². The average Bonchev–Trinajstić information content (AvgIpc) is 3.53. The number of rotatable bonds is 16. The van der Waals surface area contributed by atoms with Gasteiger partial charge in [0, 0.05) is 26.9 Å². The monoisotopic (exact) mass is 510 g/mol. The zero-order valence-electron chi connectivity index (χ0n) is 23.2. The van der Waals surface area contributed by atoms with Gasteiger partial charge in [-0.25, -0.2) is 0 Å². The SMILES string of the molecule is CCCCCC(=O)NC(C(=O)N[C@@H](CN(C)C(C)=O)C(=O)NC(CC(C)C)C(=O)[C@@]1(C)CO1)C(C)C. The standard InChI is InChI=1S/C26H46N4O6/c1-9-10-11-12-21(32)29-22(17(4)5)25(35)28-20(14-30(8)18(6)31)24(34)27-19(13-16(2)3)23(33)26(7)15-36-26/h16-17,19-20,22H,9-15H2,1-8H3,(H,27,34)(H,28,35)(H,29,32)/t19?,20-,22?,26+/m0/s1. The molecule has 1 aliphatic rings. The van der Waals surface area contributed by atoms with Crippen molar-refractivity contribution in [2.45, 2.75) is 104 Å². The van der Waals surface area contributed by atoms with E-state index in [1.165, 1.54) is 18.9 Å². The van der Waals surface area contributed by atoms with Gasteiger partial charge < -0.3 is 25.6 Å². The molecule has 0 aromatic heterocycles. The second-order valence-electron chi connectivity index (χ2n) is 10.8. The van der Waals surface area contributed by atoms with Crippen molar-refractivity contribution in [1.82, 2.24) is 20.9 Å². The number of nitrogens with zero attached hydrogens (tertiary/aromatic N) is 1. The summed E-state index contributed by atoms with van der Waals surface area (Å²) in [5.41, 5.74) is -0.910. The van der Waals surface area contributed by atoms with Crippen molar-refractivity contribution < 1.29 is 28.7 Å². The Bertz CT molecular complexity index is 793. The second-order valence-corrected chi connectivity index (χ2v) is 10.8. The zero-order valence-corrected chi connectivity index (χ0v) is 23.2. The summed E-state index contributed by atoms with van der Waals surface area (Å²) in [4.78, 5) is 65.0. The molecule has 1 heterocycles. The van der Waals surface area contributed by atoms with Gasteiger partial charge in [-0.15, -0.1) is 0 Å². The maximum absolute atomic E-state index is 13.3. The van der Waals surface area contributed by atoms with Crippen molar-refractivity contribution in [3.05, 3.63) is 0 Å². The van der Waals surface area contributed by atoms with Gasteiger partial charge in [0.25, 0.3) is 0 Å². The molecule has 1 fully saturated rings. The molecule has 3 N–H and O–H groups in total. The van der Waals surface area contributed by atoms with Gasteiger partial charge in [0.05, 0.1) is 12.6 Å². The Hall–Kier alpha value is -2.49. The lowest BCUT2D eigenvalue weighted by Gasteiger charge is -2.29. The fourth-order valence-corrected chi connectivity index (χ4v) is 3.77. The van der Waals surface area contributed by atoms with Crippen LogP contribution in [-0.2, 0) is 28.7 Å². The molecule has 0 aromatic rings. The first-order chi connectivity index (χ1) is 16.7. The molecule has 0 spiro atoms. The molecular weight excluding hydrogens is 464 g/mol. The normalized spacial score (nSPS) is 19.3. The Morgan fingerprint density at radius 2 is 1.53 bits per heavy atom. The molecule has 0 aliphatic carbocycles. The van der Waals surface area contributed by atoms with Gasteiger partial charge >= 0.3 is 0 Å². The molecule has 10 heteroatoms. The van der Waals surface area contributed by atoms with Crippen LogP contribution < -0.4 is 16.0 Å². The topological polar surface area (TPSA) is 137 Å². The third-order valence-electron chi connectivity index (χ3n) is 6.34. The van der Waals surface area contributed by atoms with Crippen molar-refractivity contribution in [3.63, 3.8) is 0 Å². The number of carbonyl (C=O) groups excluding carboxylic acids is 5. The van der Waals surface area contributed by atoms with Crippen LogP contribution in [0.1, 0.15) is 80.6 Å². The molecule has 0 radical (unpaired) electrons.